The van der Waals surface area contributed by atoms with Crippen LogP contribution < -0.4 is 0 Å². The van der Waals surface area contributed by atoms with Gasteiger partial charge >= 0.3 is 39.5 Å². The molecular formula is C71H138O17P2. The number of phosphoric acid groups is 2. The van der Waals surface area contributed by atoms with Crippen molar-refractivity contribution in [3.63, 3.8) is 0 Å². The second kappa shape index (κ2) is 65.7. The molecule has 534 valence electrons. The highest BCUT2D eigenvalue weighted by molar-refractivity contribution is 7.47. The molecule has 5 atom stereocenters. The van der Waals surface area contributed by atoms with E-state index in [4.69, 9.17) is 37.0 Å². The third-order valence-electron chi connectivity index (χ3n) is 16.6. The van der Waals surface area contributed by atoms with Crippen LogP contribution >= 0.6 is 15.6 Å². The van der Waals surface area contributed by atoms with E-state index in [-0.39, 0.29) is 25.7 Å². The summed E-state index contributed by atoms with van der Waals surface area (Å²) in [4.78, 5) is 72.5. The molecule has 17 nitrogen and oxygen atoms in total. The van der Waals surface area contributed by atoms with E-state index in [0.29, 0.717) is 25.7 Å². The molecule has 0 fully saturated rings. The first-order chi connectivity index (χ1) is 43.7. The van der Waals surface area contributed by atoms with Crippen LogP contribution in [0.4, 0.5) is 0 Å². The molecule has 0 aliphatic heterocycles. The van der Waals surface area contributed by atoms with E-state index in [1.54, 1.807) is 0 Å². The van der Waals surface area contributed by atoms with Crippen LogP contribution in [0.3, 0.4) is 0 Å². The van der Waals surface area contributed by atoms with Crippen LogP contribution in [0.5, 0.6) is 0 Å². The predicted molar refractivity (Wildman–Crippen MR) is 363 cm³/mol. The highest BCUT2D eigenvalue weighted by Gasteiger charge is 2.30. The second-order valence-electron chi connectivity index (χ2n) is 25.6. The smallest absolute Gasteiger partial charge is 0.462 e. The Hall–Kier alpha value is -1.94. The van der Waals surface area contributed by atoms with Gasteiger partial charge in [0.1, 0.15) is 19.3 Å². The van der Waals surface area contributed by atoms with E-state index in [0.717, 1.165) is 103 Å². The van der Waals surface area contributed by atoms with E-state index in [9.17, 15) is 43.2 Å². The minimum atomic E-state index is -4.95. The molecule has 0 aliphatic rings. The van der Waals surface area contributed by atoms with Crippen LogP contribution in [0.25, 0.3) is 0 Å². The van der Waals surface area contributed by atoms with Crippen molar-refractivity contribution in [3.05, 3.63) is 0 Å². The quantitative estimate of drug-likeness (QED) is 0.0222. The fourth-order valence-corrected chi connectivity index (χ4v) is 12.4. The first kappa shape index (κ1) is 88.1. The molecule has 0 saturated heterocycles. The Balaban J connectivity index is 5.20. The molecule has 0 amide bonds. The summed E-state index contributed by atoms with van der Waals surface area (Å²) in [6.07, 6.45) is 54.1. The Bertz CT molecular complexity index is 1720. The van der Waals surface area contributed by atoms with Crippen molar-refractivity contribution in [2.45, 2.75) is 393 Å². The second-order valence-corrected chi connectivity index (χ2v) is 28.5. The van der Waals surface area contributed by atoms with E-state index in [2.05, 4.69) is 27.7 Å². The number of carbonyl (C=O) groups excluding carboxylic acids is 4. The number of aliphatic hydroxyl groups is 1. The maximum Gasteiger partial charge on any atom is 0.472 e. The minimum absolute atomic E-state index is 0.108. The van der Waals surface area contributed by atoms with Crippen molar-refractivity contribution in [3.8, 4) is 0 Å². The highest BCUT2D eigenvalue weighted by Crippen LogP contribution is 2.45. The molecule has 90 heavy (non-hydrogen) atoms. The van der Waals surface area contributed by atoms with Gasteiger partial charge in [0.15, 0.2) is 12.2 Å². The average molecular weight is 1330 g/mol. The van der Waals surface area contributed by atoms with Crippen molar-refractivity contribution in [2.24, 2.45) is 0 Å². The van der Waals surface area contributed by atoms with Gasteiger partial charge in [0.05, 0.1) is 26.4 Å². The zero-order valence-electron chi connectivity index (χ0n) is 58.1. The summed E-state index contributed by atoms with van der Waals surface area (Å²) in [5.41, 5.74) is 0. The summed E-state index contributed by atoms with van der Waals surface area (Å²) in [6, 6.07) is 0. The number of hydrogen-bond acceptors (Lipinski definition) is 15. The van der Waals surface area contributed by atoms with Gasteiger partial charge < -0.3 is 33.8 Å². The molecule has 0 aromatic rings. The maximum atomic E-state index is 13.0. The average Bonchev–Trinajstić information content (AvgIpc) is 3.08. The SMILES string of the molecule is CCCCCCCCCCCCCCCCCC(=O)O[C@H](COC(=O)CCCCCCCCCCCCCCCC)COP(=O)(O)OC[C@@H](O)COP(=O)(O)OC[C@@H](COC(=O)CCCCCCCCC)OC(=O)CCCCCCCCCCCCCCCC. The number of phosphoric ester groups is 2. The number of carbonyl (C=O) groups is 4. The summed E-state index contributed by atoms with van der Waals surface area (Å²) >= 11 is 0. The lowest BCUT2D eigenvalue weighted by molar-refractivity contribution is -0.161. The third-order valence-corrected chi connectivity index (χ3v) is 18.5. The van der Waals surface area contributed by atoms with Gasteiger partial charge in [-0.15, -0.1) is 0 Å². The number of ether oxygens (including phenoxy) is 4. The molecule has 0 saturated carbocycles. The molecule has 0 bridgehead atoms. The lowest BCUT2D eigenvalue weighted by Gasteiger charge is -2.21. The van der Waals surface area contributed by atoms with Crippen molar-refractivity contribution < 1.29 is 80.2 Å². The van der Waals surface area contributed by atoms with Gasteiger partial charge in [0.25, 0.3) is 0 Å². The maximum absolute atomic E-state index is 13.0. The number of rotatable bonds is 72. The number of esters is 4. The fourth-order valence-electron chi connectivity index (χ4n) is 10.9. The topological polar surface area (TPSA) is 237 Å². The van der Waals surface area contributed by atoms with Crippen molar-refractivity contribution in [1.29, 1.82) is 0 Å². The van der Waals surface area contributed by atoms with Crippen molar-refractivity contribution in [1.82, 2.24) is 0 Å². The van der Waals surface area contributed by atoms with Gasteiger partial charge in [-0.05, 0) is 25.7 Å². The summed E-state index contributed by atoms with van der Waals surface area (Å²) in [5, 5.41) is 10.6. The normalized spacial score (nSPS) is 14.0. The Kier molecular flexibility index (Phi) is 64.3. The van der Waals surface area contributed by atoms with Crippen LogP contribution in [-0.4, -0.2) is 96.7 Å². The van der Waals surface area contributed by atoms with E-state index in [1.165, 1.54) is 193 Å². The molecule has 2 unspecified atom stereocenters. The third kappa shape index (κ3) is 64.8. The molecule has 0 aromatic carbocycles. The van der Waals surface area contributed by atoms with Gasteiger partial charge in [0, 0.05) is 25.7 Å². The predicted octanol–water partition coefficient (Wildman–Crippen LogP) is 20.7. The van der Waals surface area contributed by atoms with E-state index in [1.807, 2.05) is 0 Å². The molecule has 0 rings (SSSR count). The highest BCUT2D eigenvalue weighted by atomic mass is 31.2. The lowest BCUT2D eigenvalue weighted by atomic mass is 10.0. The monoisotopic (exact) mass is 1320 g/mol. The Morgan fingerprint density at radius 3 is 0.656 bits per heavy atom. The van der Waals surface area contributed by atoms with Crippen molar-refractivity contribution >= 4 is 39.5 Å². The summed E-state index contributed by atoms with van der Waals surface area (Å²) in [7, 11) is -9.89. The lowest BCUT2D eigenvalue weighted by Crippen LogP contribution is -2.30. The van der Waals surface area contributed by atoms with Crippen molar-refractivity contribution in [2.75, 3.05) is 39.6 Å². The molecule has 3 N–H and O–H groups in total. The zero-order chi connectivity index (χ0) is 66.1. The van der Waals surface area contributed by atoms with Gasteiger partial charge in [0.2, 0.25) is 0 Å². The number of hydrogen-bond donors (Lipinski definition) is 3. The van der Waals surface area contributed by atoms with Crippen LogP contribution in [0.1, 0.15) is 374 Å². The Morgan fingerprint density at radius 1 is 0.267 bits per heavy atom. The van der Waals surface area contributed by atoms with Gasteiger partial charge in [-0.2, -0.15) is 0 Å². The fraction of sp³-hybridized carbons (Fsp3) is 0.944. The number of aliphatic hydroxyl groups excluding tert-OH is 1. The van der Waals surface area contributed by atoms with Crippen LogP contribution in [0, 0.1) is 0 Å². The molecule has 0 aliphatic carbocycles. The van der Waals surface area contributed by atoms with Crippen LogP contribution in [-0.2, 0) is 65.4 Å². The molecule has 0 heterocycles. The molecular weight excluding hydrogens is 1190 g/mol. The molecule has 0 spiro atoms. The zero-order valence-corrected chi connectivity index (χ0v) is 59.9. The largest absolute Gasteiger partial charge is 0.472 e. The summed E-state index contributed by atoms with van der Waals surface area (Å²) < 4.78 is 68.3. The van der Waals surface area contributed by atoms with E-state index < -0.39 is 97.5 Å². The van der Waals surface area contributed by atoms with Crippen LogP contribution in [0.15, 0.2) is 0 Å². The molecule has 0 aromatic heterocycles. The summed E-state index contributed by atoms with van der Waals surface area (Å²) in [5.74, 6) is -2.12. The van der Waals surface area contributed by atoms with Gasteiger partial charge in [-0.3, -0.25) is 37.3 Å². The number of unbranched alkanes of at least 4 members (excludes halogenated alkanes) is 46. The Labute approximate surface area is 549 Å². The first-order valence-electron chi connectivity index (χ1n) is 37.3. The molecule has 19 heteroatoms. The van der Waals surface area contributed by atoms with Crippen LogP contribution in [0.2, 0.25) is 0 Å². The molecule has 0 radical (unpaired) electrons. The van der Waals surface area contributed by atoms with Gasteiger partial charge in [-0.1, -0.05) is 323 Å². The van der Waals surface area contributed by atoms with Gasteiger partial charge in [-0.25, -0.2) is 9.13 Å². The van der Waals surface area contributed by atoms with E-state index >= 15 is 0 Å². The Morgan fingerprint density at radius 2 is 0.444 bits per heavy atom. The first-order valence-corrected chi connectivity index (χ1v) is 40.3. The standard InChI is InChI=1S/C71H138O17P2/c1-5-9-13-17-21-24-27-30-33-36-39-42-46-50-54-58-71(76)88-67(62-82-69(74)56-52-48-44-40-37-34-31-28-25-22-18-14-10-6-2)64-86-90(79,80)84-60-65(72)59-83-89(77,78)85-63-66(61-81-68(73)55-51-47-43-20-16-12-8-4)87-70(75)57-53-49-45-41-38-35-32-29-26-23-19-15-11-7-3/h65-67,72H,5-64H2,1-4H3,(H,77,78)(H,79,80)/t65-,66+,67+/m0/s1. The summed E-state index contributed by atoms with van der Waals surface area (Å²) in [6.45, 7) is 4.93. The minimum Gasteiger partial charge on any atom is -0.462 e.